The van der Waals surface area contributed by atoms with Crippen LogP contribution in [0.15, 0.2) is 18.7 Å². The van der Waals surface area contributed by atoms with E-state index in [9.17, 15) is 4.79 Å². The monoisotopic (exact) mass is 332 g/mol. The number of hydrogen-bond donors (Lipinski definition) is 0. The van der Waals surface area contributed by atoms with Gasteiger partial charge in [0, 0.05) is 45.1 Å². The Morgan fingerprint density at radius 1 is 1.42 bits per heavy atom. The number of nitrogens with zero attached hydrogens (tertiary/aromatic N) is 6. The quantitative estimate of drug-likeness (QED) is 0.782. The Morgan fingerprint density at radius 2 is 2.29 bits per heavy atom. The predicted octanol–water partition coefficient (Wildman–Crippen LogP) is 0.802. The van der Waals surface area contributed by atoms with E-state index in [1.807, 2.05) is 34.2 Å². The Bertz CT molecular complexity index is 666. The number of imidazole rings is 1. The van der Waals surface area contributed by atoms with E-state index in [0.29, 0.717) is 19.7 Å². The molecule has 0 aliphatic carbocycles. The second-order valence-electron chi connectivity index (χ2n) is 6.08. The van der Waals surface area contributed by atoms with Crippen molar-refractivity contribution in [2.75, 3.05) is 26.3 Å². The Hall–Kier alpha value is -2.22. The Kier molecular flexibility index (Phi) is 5.24. The molecule has 2 aromatic heterocycles. The molecule has 1 amide bonds. The number of amides is 1. The van der Waals surface area contributed by atoms with Crippen molar-refractivity contribution in [2.45, 2.75) is 32.2 Å². The molecule has 1 fully saturated rings. The lowest BCUT2D eigenvalue weighted by Crippen LogP contribution is -2.41. The summed E-state index contributed by atoms with van der Waals surface area (Å²) in [5, 5.41) is 8.71. The van der Waals surface area contributed by atoms with Gasteiger partial charge in [-0.05, 0) is 19.8 Å². The maximum absolute atomic E-state index is 12.2. The fraction of sp³-hybridized carbons (Fsp3) is 0.625. The van der Waals surface area contributed by atoms with Gasteiger partial charge in [0.2, 0.25) is 5.91 Å². The van der Waals surface area contributed by atoms with Gasteiger partial charge in [-0.1, -0.05) is 0 Å². The molecule has 0 aromatic carbocycles. The number of carbonyl (C=O) groups is 1. The van der Waals surface area contributed by atoms with Gasteiger partial charge in [0.1, 0.15) is 12.4 Å². The van der Waals surface area contributed by atoms with Crippen LogP contribution in [0.4, 0.5) is 0 Å². The molecule has 2 aromatic rings. The van der Waals surface area contributed by atoms with Crippen molar-refractivity contribution in [3.8, 4) is 0 Å². The van der Waals surface area contributed by atoms with E-state index in [2.05, 4.69) is 15.2 Å². The maximum Gasteiger partial charge on any atom is 0.248 e. The first kappa shape index (κ1) is 16.6. The van der Waals surface area contributed by atoms with Crippen LogP contribution in [0.25, 0.3) is 0 Å². The zero-order valence-corrected chi connectivity index (χ0v) is 14.3. The van der Waals surface area contributed by atoms with Gasteiger partial charge in [-0.2, -0.15) is 0 Å². The van der Waals surface area contributed by atoms with Crippen LogP contribution in [-0.4, -0.2) is 61.4 Å². The van der Waals surface area contributed by atoms with Crippen LogP contribution in [0, 0.1) is 0 Å². The molecule has 0 unspecified atom stereocenters. The van der Waals surface area contributed by atoms with Gasteiger partial charge in [-0.15, -0.1) is 10.2 Å². The molecular weight excluding hydrogens is 308 g/mol. The molecular formula is C16H24N6O2. The highest BCUT2D eigenvalue weighted by Crippen LogP contribution is 2.26. The molecule has 1 saturated heterocycles. The number of piperidine rings is 1. The van der Waals surface area contributed by atoms with Crippen LogP contribution >= 0.6 is 0 Å². The van der Waals surface area contributed by atoms with Crippen molar-refractivity contribution < 1.29 is 9.53 Å². The van der Waals surface area contributed by atoms with Crippen molar-refractivity contribution in [2.24, 2.45) is 7.05 Å². The topological polar surface area (TPSA) is 78.1 Å². The molecule has 1 aliphatic heterocycles. The molecule has 0 spiro atoms. The highest BCUT2D eigenvalue weighted by Gasteiger charge is 2.28. The third-order valence-corrected chi connectivity index (χ3v) is 4.45. The van der Waals surface area contributed by atoms with E-state index in [-0.39, 0.29) is 18.4 Å². The maximum atomic E-state index is 12.2. The van der Waals surface area contributed by atoms with Crippen LogP contribution in [0.5, 0.6) is 0 Å². The first-order valence-corrected chi connectivity index (χ1v) is 8.38. The second kappa shape index (κ2) is 7.57. The second-order valence-corrected chi connectivity index (χ2v) is 6.08. The summed E-state index contributed by atoms with van der Waals surface area (Å²) in [6, 6.07) is 0. The minimum absolute atomic E-state index is 0.0577. The van der Waals surface area contributed by atoms with Gasteiger partial charge in [-0.25, -0.2) is 4.98 Å². The van der Waals surface area contributed by atoms with E-state index in [0.717, 1.165) is 31.0 Å². The smallest absolute Gasteiger partial charge is 0.248 e. The van der Waals surface area contributed by atoms with Gasteiger partial charge in [0.15, 0.2) is 5.82 Å². The minimum atomic E-state index is 0.0577. The van der Waals surface area contributed by atoms with E-state index < -0.39 is 0 Å². The fourth-order valence-corrected chi connectivity index (χ4v) is 3.11. The molecule has 130 valence electrons. The molecule has 24 heavy (non-hydrogen) atoms. The van der Waals surface area contributed by atoms with Crippen LogP contribution in [0.2, 0.25) is 0 Å². The molecule has 0 radical (unpaired) electrons. The molecule has 0 saturated carbocycles. The number of ether oxygens (including phenoxy) is 1. The van der Waals surface area contributed by atoms with E-state index in [1.54, 1.807) is 12.5 Å². The molecule has 8 nitrogen and oxygen atoms in total. The summed E-state index contributed by atoms with van der Waals surface area (Å²) in [6.07, 6.45) is 7.42. The molecule has 0 bridgehead atoms. The number of carbonyl (C=O) groups excluding carboxylic acids is 1. The predicted molar refractivity (Wildman–Crippen MR) is 87.4 cm³/mol. The van der Waals surface area contributed by atoms with Gasteiger partial charge in [-0.3, -0.25) is 4.79 Å². The lowest BCUT2D eigenvalue weighted by molar-refractivity contribution is -0.137. The minimum Gasteiger partial charge on any atom is -0.372 e. The van der Waals surface area contributed by atoms with Crippen molar-refractivity contribution in [1.82, 2.24) is 29.2 Å². The third kappa shape index (κ3) is 3.64. The van der Waals surface area contributed by atoms with Gasteiger partial charge in [0.05, 0.1) is 12.9 Å². The summed E-state index contributed by atoms with van der Waals surface area (Å²) < 4.78 is 9.25. The van der Waals surface area contributed by atoms with Gasteiger partial charge >= 0.3 is 0 Å². The summed E-state index contributed by atoms with van der Waals surface area (Å²) in [5.74, 6) is 2.11. The summed E-state index contributed by atoms with van der Waals surface area (Å²) in [5.41, 5.74) is 0. The molecule has 1 aliphatic rings. The molecule has 1 atom stereocenters. The summed E-state index contributed by atoms with van der Waals surface area (Å²) >= 11 is 0. The van der Waals surface area contributed by atoms with Crippen molar-refractivity contribution in [3.05, 3.63) is 30.4 Å². The normalized spacial score (nSPS) is 18.1. The average Bonchev–Trinajstić information content (AvgIpc) is 3.24. The highest BCUT2D eigenvalue weighted by atomic mass is 16.5. The first-order valence-electron chi connectivity index (χ1n) is 8.38. The summed E-state index contributed by atoms with van der Waals surface area (Å²) in [6.45, 7) is 4.74. The summed E-state index contributed by atoms with van der Waals surface area (Å²) in [7, 11) is 1.99. The van der Waals surface area contributed by atoms with Crippen LogP contribution in [0.1, 0.15) is 37.3 Å². The molecule has 8 heteroatoms. The lowest BCUT2D eigenvalue weighted by Gasteiger charge is -2.32. The van der Waals surface area contributed by atoms with Crippen molar-refractivity contribution in [1.29, 1.82) is 0 Å². The van der Waals surface area contributed by atoms with Crippen molar-refractivity contribution in [3.63, 3.8) is 0 Å². The molecule has 3 heterocycles. The number of rotatable bonds is 6. The third-order valence-electron chi connectivity index (χ3n) is 4.45. The Morgan fingerprint density at radius 3 is 3.04 bits per heavy atom. The molecule has 3 rings (SSSR count). The fourth-order valence-electron chi connectivity index (χ4n) is 3.11. The van der Waals surface area contributed by atoms with Crippen molar-refractivity contribution >= 4 is 5.91 Å². The van der Waals surface area contributed by atoms with Crippen LogP contribution in [-0.2, 0) is 23.1 Å². The van der Waals surface area contributed by atoms with Crippen LogP contribution < -0.4 is 0 Å². The van der Waals surface area contributed by atoms with E-state index in [1.165, 1.54) is 0 Å². The average molecular weight is 332 g/mol. The first-order chi connectivity index (χ1) is 11.7. The number of likely N-dealkylation sites (tertiary alicyclic amines) is 1. The van der Waals surface area contributed by atoms with E-state index >= 15 is 0 Å². The van der Waals surface area contributed by atoms with Gasteiger partial charge < -0.3 is 18.8 Å². The van der Waals surface area contributed by atoms with Gasteiger partial charge in [0.25, 0.3) is 0 Å². The SMILES string of the molecule is CCOCC(=O)N1CCC[C@H](c2nnc(Cn3ccnc3)n2C)C1. The zero-order valence-electron chi connectivity index (χ0n) is 14.3. The summed E-state index contributed by atoms with van der Waals surface area (Å²) in [4.78, 5) is 18.1. The standard InChI is InChI=1S/C16H24N6O2/c1-3-24-11-15(23)22-7-4-5-13(9-22)16-19-18-14(20(16)2)10-21-8-6-17-12-21/h6,8,12-13H,3-5,7,9-11H2,1-2H3/t13-/m0/s1. The Balaban J connectivity index is 1.67. The number of aromatic nitrogens is 5. The lowest BCUT2D eigenvalue weighted by atomic mass is 9.97. The van der Waals surface area contributed by atoms with E-state index in [4.69, 9.17) is 4.74 Å². The zero-order chi connectivity index (χ0) is 16.9. The number of hydrogen-bond acceptors (Lipinski definition) is 5. The highest BCUT2D eigenvalue weighted by molar-refractivity contribution is 5.77. The molecule has 0 N–H and O–H groups in total. The Labute approximate surface area is 141 Å². The largest absolute Gasteiger partial charge is 0.372 e. The van der Waals surface area contributed by atoms with Crippen LogP contribution in [0.3, 0.4) is 0 Å².